The molecule has 20 heavy (non-hydrogen) atoms. The summed E-state index contributed by atoms with van der Waals surface area (Å²) < 4.78 is 1.13. The fourth-order valence-electron chi connectivity index (χ4n) is 1.80. The van der Waals surface area contributed by atoms with E-state index in [2.05, 4.69) is 52.9 Å². The second-order valence-corrected chi connectivity index (χ2v) is 7.32. The first-order valence-electron chi connectivity index (χ1n) is 6.14. The zero-order valence-electron chi connectivity index (χ0n) is 11.7. The number of rotatable bonds is 4. The van der Waals surface area contributed by atoms with Crippen molar-refractivity contribution in [2.24, 2.45) is 4.99 Å². The fraction of sp³-hybridized carbons (Fsp3) is 0.385. The van der Waals surface area contributed by atoms with Crippen LogP contribution in [0.3, 0.4) is 0 Å². The second-order valence-electron chi connectivity index (χ2n) is 4.35. The highest BCUT2D eigenvalue weighted by molar-refractivity contribution is 9.10. The summed E-state index contributed by atoms with van der Waals surface area (Å²) in [4.78, 5) is 12.1. The molecule has 0 bridgehead atoms. The third-order valence-corrected chi connectivity index (χ3v) is 5.20. The average Bonchev–Trinajstić information content (AvgIpc) is 2.99. The molecule has 0 radical (unpaired) electrons. The van der Waals surface area contributed by atoms with Crippen LogP contribution in [-0.4, -0.2) is 29.9 Å². The Balaban J connectivity index is 1.90. The first-order valence-corrected chi connectivity index (χ1v) is 8.69. The summed E-state index contributed by atoms with van der Waals surface area (Å²) in [6, 6.07) is 2.12. The summed E-state index contributed by atoms with van der Waals surface area (Å²) in [6.45, 7) is 3.57. The van der Waals surface area contributed by atoms with Crippen molar-refractivity contribution < 1.29 is 0 Å². The van der Waals surface area contributed by atoms with E-state index in [1.54, 1.807) is 29.7 Å². The molecule has 0 saturated carbocycles. The van der Waals surface area contributed by atoms with E-state index in [1.807, 2.05) is 14.0 Å². The van der Waals surface area contributed by atoms with E-state index in [0.717, 1.165) is 34.2 Å². The van der Waals surface area contributed by atoms with E-state index in [9.17, 15) is 0 Å². The molecule has 2 heterocycles. The Morgan fingerprint density at radius 3 is 2.80 bits per heavy atom. The van der Waals surface area contributed by atoms with Crippen LogP contribution in [0.15, 0.2) is 26.3 Å². The maximum atomic E-state index is 4.48. The normalized spacial score (nSPS) is 11.7. The summed E-state index contributed by atoms with van der Waals surface area (Å²) in [6.07, 6.45) is 0. The van der Waals surface area contributed by atoms with Crippen LogP contribution in [0.25, 0.3) is 0 Å². The lowest BCUT2D eigenvalue weighted by molar-refractivity contribution is 0.471. The molecule has 0 amide bonds. The Bertz CT molecular complexity index is 591. The molecule has 0 aliphatic rings. The number of thiazole rings is 1. The molecule has 0 aliphatic carbocycles. The van der Waals surface area contributed by atoms with Gasteiger partial charge < -0.3 is 10.2 Å². The molecule has 0 aromatic carbocycles. The highest BCUT2D eigenvalue weighted by atomic mass is 79.9. The van der Waals surface area contributed by atoms with Gasteiger partial charge in [0.25, 0.3) is 0 Å². The largest absolute Gasteiger partial charge is 0.351 e. The summed E-state index contributed by atoms with van der Waals surface area (Å²) in [5.41, 5.74) is 1.08. The van der Waals surface area contributed by atoms with E-state index in [0.29, 0.717) is 0 Å². The first kappa shape index (κ1) is 15.5. The van der Waals surface area contributed by atoms with Crippen LogP contribution < -0.4 is 5.32 Å². The molecule has 0 spiro atoms. The number of hydrogen-bond acceptors (Lipinski definition) is 4. The Kier molecular flexibility index (Phi) is 5.56. The number of thiophene rings is 1. The Morgan fingerprint density at radius 1 is 1.45 bits per heavy atom. The quantitative estimate of drug-likeness (QED) is 0.659. The number of halogens is 1. The van der Waals surface area contributed by atoms with Gasteiger partial charge in [0.05, 0.1) is 23.8 Å². The number of aryl methyl sites for hydroxylation is 1. The van der Waals surface area contributed by atoms with Gasteiger partial charge in [0, 0.05) is 34.2 Å². The smallest absolute Gasteiger partial charge is 0.194 e. The molecule has 0 atom stereocenters. The number of nitrogens with one attached hydrogen (secondary N) is 1. The summed E-state index contributed by atoms with van der Waals surface area (Å²) in [7, 11) is 3.82. The molecule has 2 aromatic heterocycles. The third kappa shape index (κ3) is 4.29. The van der Waals surface area contributed by atoms with Crippen LogP contribution in [0, 0.1) is 6.92 Å². The molecule has 0 fully saturated rings. The minimum absolute atomic E-state index is 0.762. The van der Waals surface area contributed by atoms with Crippen LogP contribution in [0.2, 0.25) is 0 Å². The monoisotopic (exact) mass is 372 g/mol. The van der Waals surface area contributed by atoms with Crippen molar-refractivity contribution in [2.45, 2.75) is 20.0 Å². The van der Waals surface area contributed by atoms with Crippen molar-refractivity contribution in [3.8, 4) is 0 Å². The van der Waals surface area contributed by atoms with Crippen LogP contribution in [-0.2, 0) is 13.1 Å². The predicted molar refractivity (Wildman–Crippen MR) is 90.5 cm³/mol. The topological polar surface area (TPSA) is 40.5 Å². The van der Waals surface area contributed by atoms with E-state index in [-0.39, 0.29) is 0 Å². The molecule has 0 aliphatic heterocycles. The first-order chi connectivity index (χ1) is 9.58. The molecular weight excluding hydrogens is 356 g/mol. The van der Waals surface area contributed by atoms with Gasteiger partial charge in [-0.1, -0.05) is 0 Å². The maximum Gasteiger partial charge on any atom is 0.194 e. The van der Waals surface area contributed by atoms with Crippen molar-refractivity contribution in [3.05, 3.63) is 36.9 Å². The van der Waals surface area contributed by atoms with Crippen LogP contribution in [0.4, 0.5) is 0 Å². The minimum atomic E-state index is 0.762. The number of hydrogen-bond donors (Lipinski definition) is 1. The second kappa shape index (κ2) is 7.19. The van der Waals surface area contributed by atoms with E-state index in [4.69, 9.17) is 0 Å². The highest BCUT2D eigenvalue weighted by Crippen LogP contribution is 2.19. The van der Waals surface area contributed by atoms with Gasteiger partial charge in [-0.05, 0) is 28.9 Å². The maximum absolute atomic E-state index is 4.48. The third-order valence-electron chi connectivity index (χ3n) is 2.68. The SMILES string of the molecule is CN=C(NCc1cc(Br)cs1)N(C)Cc1csc(C)n1. The number of nitrogens with zero attached hydrogens (tertiary/aromatic N) is 3. The number of aliphatic imine (C=N–C) groups is 1. The van der Waals surface area contributed by atoms with Gasteiger partial charge in [-0.25, -0.2) is 4.98 Å². The zero-order chi connectivity index (χ0) is 14.5. The van der Waals surface area contributed by atoms with Gasteiger partial charge in [0.1, 0.15) is 0 Å². The Morgan fingerprint density at radius 2 is 2.25 bits per heavy atom. The number of aromatic nitrogens is 1. The van der Waals surface area contributed by atoms with Gasteiger partial charge in [-0.2, -0.15) is 0 Å². The van der Waals surface area contributed by atoms with Gasteiger partial charge in [-0.15, -0.1) is 22.7 Å². The van der Waals surface area contributed by atoms with Gasteiger partial charge >= 0.3 is 0 Å². The van der Waals surface area contributed by atoms with E-state index < -0.39 is 0 Å². The van der Waals surface area contributed by atoms with Crippen LogP contribution in [0.5, 0.6) is 0 Å². The molecule has 4 nitrogen and oxygen atoms in total. The summed E-state index contributed by atoms with van der Waals surface area (Å²) in [5.74, 6) is 0.875. The lowest BCUT2D eigenvalue weighted by atomic mass is 10.4. The van der Waals surface area contributed by atoms with Crippen molar-refractivity contribution in [3.63, 3.8) is 0 Å². The molecule has 0 unspecified atom stereocenters. The summed E-state index contributed by atoms with van der Waals surface area (Å²) in [5, 5.41) is 8.64. The van der Waals surface area contributed by atoms with Gasteiger partial charge in [0.15, 0.2) is 5.96 Å². The number of guanidine groups is 1. The zero-order valence-corrected chi connectivity index (χ0v) is 14.9. The average molecular weight is 373 g/mol. The predicted octanol–water partition coefficient (Wildman–Crippen LogP) is 3.48. The highest BCUT2D eigenvalue weighted by Gasteiger charge is 2.09. The standard InChI is InChI=1S/C13H17BrN4S2/c1-9-17-11(8-19-9)6-18(3)13(15-2)16-5-12-4-10(14)7-20-12/h4,7-8H,5-6H2,1-3H3,(H,15,16). The minimum Gasteiger partial charge on any atom is -0.351 e. The molecular formula is C13H17BrN4S2. The van der Waals surface area contributed by atoms with Crippen molar-refractivity contribution in [1.82, 2.24) is 15.2 Å². The van der Waals surface area contributed by atoms with Crippen molar-refractivity contribution in [1.29, 1.82) is 0 Å². The lowest BCUT2D eigenvalue weighted by Gasteiger charge is -2.20. The van der Waals surface area contributed by atoms with E-state index >= 15 is 0 Å². The van der Waals surface area contributed by atoms with Crippen molar-refractivity contribution in [2.75, 3.05) is 14.1 Å². The fourth-order valence-corrected chi connectivity index (χ4v) is 3.79. The molecule has 7 heteroatoms. The molecule has 0 saturated heterocycles. The Hall–Kier alpha value is -0.920. The summed E-state index contributed by atoms with van der Waals surface area (Å²) >= 11 is 6.87. The Labute approximate surface area is 135 Å². The van der Waals surface area contributed by atoms with Crippen LogP contribution in [0.1, 0.15) is 15.6 Å². The van der Waals surface area contributed by atoms with E-state index in [1.165, 1.54) is 4.88 Å². The van der Waals surface area contributed by atoms with Crippen LogP contribution >= 0.6 is 38.6 Å². The molecule has 108 valence electrons. The van der Waals surface area contributed by atoms with Crippen molar-refractivity contribution >= 4 is 44.6 Å². The molecule has 2 aromatic rings. The lowest BCUT2D eigenvalue weighted by Crippen LogP contribution is -2.37. The van der Waals surface area contributed by atoms with Gasteiger partial charge in [0.2, 0.25) is 0 Å². The molecule has 2 rings (SSSR count). The molecule has 1 N–H and O–H groups in total. The van der Waals surface area contributed by atoms with Gasteiger partial charge in [-0.3, -0.25) is 4.99 Å².